The molecule has 1 aromatic carbocycles. The minimum Gasteiger partial charge on any atom is -0.314 e. The van der Waals surface area contributed by atoms with Crippen LogP contribution in [-0.4, -0.2) is 12.6 Å². The van der Waals surface area contributed by atoms with Gasteiger partial charge < -0.3 is 5.32 Å². The normalized spacial score (nSPS) is 13.1. The summed E-state index contributed by atoms with van der Waals surface area (Å²) in [6.45, 7) is 7.35. The van der Waals surface area contributed by atoms with Crippen LogP contribution >= 0.6 is 11.6 Å². The van der Waals surface area contributed by atoms with Gasteiger partial charge in [-0.1, -0.05) is 50.9 Å². The number of halogens is 2. The molecule has 0 heterocycles. The van der Waals surface area contributed by atoms with Crippen molar-refractivity contribution >= 4 is 11.6 Å². The van der Waals surface area contributed by atoms with Crippen LogP contribution in [0.4, 0.5) is 4.39 Å². The van der Waals surface area contributed by atoms with E-state index in [0.717, 1.165) is 24.9 Å². The second-order valence-electron chi connectivity index (χ2n) is 4.75. The van der Waals surface area contributed by atoms with E-state index in [9.17, 15) is 4.39 Å². The predicted octanol–water partition coefficient (Wildman–Crippen LogP) is 4.05. The van der Waals surface area contributed by atoms with Gasteiger partial charge in [0.1, 0.15) is 5.82 Å². The lowest BCUT2D eigenvalue weighted by atomic mass is 9.96. The number of hydrogen-bond donors (Lipinski definition) is 1. The molecule has 1 unspecified atom stereocenters. The average Bonchev–Trinajstić information content (AvgIpc) is 2.29. The van der Waals surface area contributed by atoms with Crippen molar-refractivity contribution in [3.05, 3.63) is 34.6 Å². The lowest BCUT2D eigenvalue weighted by Crippen LogP contribution is -2.29. The minimum atomic E-state index is -0.323. The summed E-state index contributed by atoms with van der Waals surface area (Å²) < 4.78 is 13.3. The molecule has 0 aliphatic rings. The first-order valence-electron chi connectivity index (χ1n) is 6.20. The van der Waals surface area contributed by atoms with Gasteiger partial charge in [0.2, 0.25) is 0 Å². The van der Waals surface area contributed by atoms with Gasteiger partial charge in [-0.2, -0.15) is 0 Å². The van der Waals surface area contributed by atoms with Gasteiger partial charge in [0.15, 0.2) is 0 Å². The monoisotopic (exact) mass is 257 g/mol. The molecule has 1 N–H and O–H groups in total. The second kappa shape index (κ2) is 6.97. The Bertz CT molecular complexity index is 352. The summed E-state index contributed by atoms with van der Waals surface area (Å²) in [5, 5.41) is 3.69. The molecule has 0 bridgehead atoms. The molecule has 0 spiro atoms. The number of nitrogens with one attached hydrogen (secondary N) is 1. The quantitative estimate of drug-likeness (QED) is 0.811. The molecule has 0 aromatic heterocycles. The van der Waals surface area contributed by atoms with E-state index in [-0.39, 0.29) is 10.8 Å². The van der Waals surface area contributed by atoms with E-state index in [1.807, 2.05) is 6.07 Å². The summed E-state index contributed by atoms with van der Waals surface area (Å²) in [5.41, 5.74) is 0.907. The van der Waals surface area contributed by atoms with Crippen molar-refractivity contribution in [3.63, 3.8) is 0 Å². The Balaban J connectivity index is 2.64. The zero-order valence-electron chi connectivity index (χ0n) is 10.8. The fourth-order valence-electron chi connectivity index (χ4n) is 1.78. The van der Waals surface area contributed by atoms with Crippen LogP contribution in [0, 0.1) is 11.7 Å². The highest BCUT2D eigenvalue weighted by atomic mass is 35.5. The largest absolute Gasteiger partial charge is 0.314 e. The Morgan fingerprint density at radius 1 is 1.35 bits per heavy atom. The Morgan fingerprint density at radius 3 is 2.65 bits per heavy atom. The summed E-state index contributed by atoms with van der Waals surface area (Å²) in [4.78, 5) is 0. The van der Waals surface area contributed by atoms with E-state index >= 15 is 0 Å². The lowest BCUT2D eigenvalue weighted by molar-refractivity contribution is 0.435. The molecule has 1 atom stereocenters. The van der Waals surface area contributed by atoms with Crippen molar-refractivity contribution in [3.8, 4) is 0 Å². The Labute approximate surface area is 108 Å². The lowest BCUT2D eigenvalue weighted by Gasteiger charge is -2.18. The van der Waals surface area contributed by atoms with Crippen LogP contribution in [0.15, 0.2) is 18.2 Å². The molecule has 0 aliphatic heterocycles. The topological polar surface area (TPSA) is 12.0 Å². The third-order valence-electron chi connectivity index (χ3n) is 2.93. The highest BCUT2D eigenvalue weighted by Crippen LogP contribution is 2.23. The van der Waals surface area contributed by atoms with E-state index in [1.165, 1.54) is 6.07 Å². The molecule has 17 heavy (non-hydrogen) atoms. The second-order valence-corrected chi connectivity index (χ2v) is 5.13. The maximum absolute atomic E-state index is 13.3. The molecule has 3 heteroatoms. The van der Waals surface area contributed by atoms with Gasteiger partial charge in [-0.3, -0.25) is 0 Å². The standard InChI is InChI=1S/C14H21ClFN/c1-4-11(9-17-10(2)3)8-12-6-5-7-13(16)14(12)15/h5-7,10-11,17H,4,8-9H2,1-3H3. The van der Waals surface area contributed by atoms with Crippen LogP contribution in [0.2, 0.25) is 5.02 Å². The summed E-state index contributed by atoms with van der Waals surface area (Å²) in [7, 11) is 0. The molecule has 0 saturated carbocycles. The summed E-state index contributed by atoms with van der Waals surface area (Å²) >= 11 is 5.96. The molecule has 0 amide bonds. The molecule has 1 aromatic rings. The molecule has 1 nitrogen and oxygen atoms in total. The Morgan fingerprint density at radius 2 is 2.06 bits per heavy atom. The van der Waals surface area contributed by atoms with Gasteiger partial charge in [-0.15, -0.1) is 0 Å². The van der Waals surface area contributed by atoms with Crippen LogP contribution in [0.1, 0.15) is 32.8 Å². The fraction of sp³-hybridized carbons (Fsp3) is 0.571. The molecule has 0 fully saturated rings. The first-order chi connectivity index (χ1) is 8.04. The summed E-state index contributed by atoms with van der Waals surface area (Å²) in [6, 6.07) is 5.51. The molecular formula is C14H21ClFN. The van der Waals surface area contributed by atoms with Gasteiger partial charge in [0.25, 0.3) is 0 Å². The summed E-state index contributed by atoms with van der Waals surface area (Å²) in [6.07, 6.45) is 1.89. The van der Waals surface area contributed by atoms with Crippen LogP contribution in [-0.2, 0) is 6.42 Å². The Hall–Kier alpha value is -0.600. The number of benzene rings is 1. The van der Waals surface area contributed by atoms with Crippen LogP contribution < -0.4 is 5.32 Å². The van der Waals surface area contributed by atoms with Gasteiger partial charge in [-0.05, 0) is 30.5 Å². The zero-order valence-corrected chi connectivity index (χ0v) is 11.5. The Kier molecular flexibility index (Phi) is 5.93. The minimum absolute atomic E-state index is 0.274. The number of rotatable bonds is 6. The zero-order chi connectivity index (χ0) is 12.8. The predicted molar refractivity (Wildman–Crippen MR) is 72.0 cm³/mol. The van der Waals surface area contributed by atoms with Gasteiger partial charge in [0.05, 0.1) is 5.02 Å². The van der Waals surface area contributed by atoms with Crippen LogP contribution in [0.3, 0.4) is 0 Å². The molecule has 96 valence electrons. The first-order valence-corrected chi connectivity index (χ1v) is 6.58. The number of hydrogen-bond acceptors (Lipinski definition) is 1. The van der Waals surface area contributed by atoms with Crippen molar-refractivity contribution < 1.29 is 4.39 Å². The van der Waals surface area contributed by atoms with E-state index in [2.05, 4.69) is 26.1 Å². The molecule has 0 aliphatic carbocycles. The fourth-order valence-corrected chi connectivity index (χ4v) is 1.98. The van der Waals surface area contributed by atoms with Gasteiger partial charge >= 0.3 is 0 Å². The smallest absolute Gasteiger partial charge is 0.142 e. The summed E-state index contributed by atoms with van der Waals surface area (Å²) in [5.74, 6) is 0.174. The van der Waals surface area contributed by atoms with Crippen molar-refractivity contribution in [1.82, 2.24) is 5.32 Å². The molecule has 0 radical (unpaired) electrons. The maximum Gasteiger partial charge on any atom is 0.142 e. The maximum atomic E-state index is 13.3. The van der Waals surface area contributed by atoms with Crippen molar-refractivity contribution in [2.45, 2.75) is 39.7 Å². The van der Waals surface area contributed by atoms with Gasteiger partial charge in [0, 0.05) is 6.04 Å². The van der Waals surface area contributed by atoms with Gasteiger partial charge in [-0.25, -0.2) is 4.39 Å². The first kappa shape index (κ1) is 14.5. The van der Waals surface area contributed by atoms with E-state index < -0.39 is 0 Å². The van der Waals surface area contributed by atoms with E-state index in [0.29, 0.717) is 12.0 Å². The van der Waals surface area contributed by atoms with E-state index in [1.54, 1.807) is 6.07 Å². The highest BCUT2D eigenvalue weighted by Gasteiger charge is 2.12. The van der Waals surface area contributed by atoms with E-state index in [4.69, 9.17) is 11.6 Å². The van der Waals surface area contributed by atoms with Crippen molar-refractivity contribution in [2.75, 3.05) is 6.54 Å². The van der Waals surface area contributed by atoms with Crippen LogP contribution in [0.5, 0.6) is 0 Å². The highest BCUT2D eigenvalue weighted by molar-refractivity contribution is 6.31. The van der Waals surface area contributed by atoms with Crippen molar-refractivity contribution in [1.29, 1.82) is 0 Å². The molecular weight excluding hydrogens is 237 g/mol. The third-order valence-corrected chi connectivity index (χ3v) is 3.36. The van der Waals surface area contributed by atoms with Crippen LogP contribution in [0.25, 0.3) is 0 Å². The molecule has 1 rings (SSSR count). The SMILES string of the molecule is CCC(CNC(C)C)Cc1cccc(F)c1Cl. The third kappa shape index (κ3) is 4.64. The molecule has 0 saturated heterocycles. The van der Waals surface area contributed by atoms with Crippen molar-refractivity contribution in [2.24, 2.45) is 5.92 Å². The average molecular weight is 258 g/mol.